The number of hydrogen-bond donors (Lipinski definition) is 2. The Kier molecular flexibility index (Phi) is 3.22. The van der Waals surface area contributed by atoms with Crippen molar-refractivity contribution in [2.45, 2.75) is 25.7 Å². The SMILES string of the molecule is Cc1cccc(NC(=O)Nc2cccn3nc(C4CC4)nc23)c1. The van der Waals surface area contributed by atoms with Crippen LogP contribution in [0.5, 0.6) is 0 Å². The molecule has 6 nitrogen and oxygen atoms in total. The highest BCUT2D eigenvalue weighted by Crippen LogP contribution is 2.38. The van der Waals surface area contributed by atoms with E-state index in [0.717, 1.165) is 29.9 Å². The van der Waals surface area contributed by atoms with Crippen molar-refractivity contribution in [2.75, 3.05) is 10.6 Å². The first-order chi connectivity index (χ1) is 11.2. The quantitative estimate of drug-likeness (QED) is 0.777. The monoisotopic (exact) mass is 307 g/mol. The third-order valence-corrected chi connectivity index (χ3v) is 3.85. The molecule has 1 aromatic carbocycles. The van der Waals surface area contributed by atoms with Crippen LogP contribution in [0.25, 0.3) is 5.65 Å². The van der Waals surface area contributed by atoms with Gasteiger partial charge in [-0.1, -0.05) is 12.1 Å². The molecule has 0 saturated heterocycles. The molecule has 0 atom stereocenters. The van der Waals surface area contributed by atoms with Crippen molar-refractivity contribution >= 4 is 23.1 Å². The van der Waals surface area contributed by atoms with Crippen LogP contribution < -0.4 is 10.6 Å². The average Bonchev–Trinajstić information content (AvgIpc) is 3.27. The summed E-state index contributed by atoms with van der Waals surface area (Å²) in [4.78, 5) is 16.8. The Morgan fingerprint density at radius 2 is 2.09 bits per heavy atom. The van der Waals surface area contributed by atoms with Crippen LogP contribution in [0.2, 0.25) is 0 Å². The number of carbonyl (C=O) groups excluding carboxylic acids is 1. The van der Waals surface area contributed by atoms with Gasteiger partial charge in [-0.25, -0.2) is 14.3 Å². The molecule has 1 saturated carbocycles. The normalized spacial score (nSPS) is 14.0. The van der Waals surface area contributed by atoms with Gasteiger partial charge in [-0.2, -0.15) is 5.10 Å². The summed E-state index contributed by atoms with van der Waals surface area (Å²) >= 11 is 0. The van der Waals surface area contributed by atoms with Gasteiger partial charge in [0.2, 0.25) is 0 Å². The molecule has 23 heavy (non-hydrogen) atoms. The van der Waals surface area contributed by atoms with Gasteiger partial charge in [-0.3, -0.25) is 0 Å². The molecule has 4 rings (SSSR count). The number of carbonyl (C=O) groups is 1. The van der Waals surface area contributed by atoms with Gasteiger partial charge in [-0.05, 0) is 49.6 Å². The second kappa shape index (κ2) is 5.39. The molecule has 0 unspecified atom stereocenters. The number of nitrogens with one attached hydrogen (secondary N) is 2. The summed E-state index contributed by atoms with van der Waals surface area (Å²) in [6, 6.07) is 11.1. The minimum atomic E-state index is -0.292. The van der Waals surface area contributed by atoms with Gasteiger partial charge < -0.3 is 10.6 Å². The van der Waals surface area contributed by atoms with Crippen molar-refractivity contribution in [1.82, 2.24) is 14.6 Å². The Morgan fingerprint density at radius 3 is 2.87 bits per heavy atom. The molecule has 116 valence electrons. The smallest absolute Gasteiger partial charge is 0.308 e. The first-order valence-electron chi connectivity index (χ1n) is 7.69. The molecule has 1 aliphatic carbocycles. The van der Waals surface area contributed by atoms with Gasteiger partial charge in [0.15, 0.2) is 11.5 Å². The predicted molar refractivity (Wildman–Crippen MR) is 88.8 cm³/mol. The maximum Gasteiger partial charge on any atom is 0.323 e. The van der Waals surface area contributed by atoms with E-state index in [1.807, 2.05) is 49.5 Å². The van der Waals surface area contributed by atoms with Gasteiger partial charge in [0.1, 0.15) is 0 Å². The number of rotatable bonds is 3. The highest BCUT2D eigenvalue weighted by Gasteiger charge is 2.28. The largest absolute Gasteiger partial charge is 0.323 e. The zero-order valence-electron chi connectivity index (χ0n) is 12.8. The molecule has 3 aromatic rings. The Bertz CT molecular complexity index is 882. The molecule has 1 fully saturated rings. The second-order valence-electron chi connectivity index (χ2n) is 5.88. The molecule has 0 spiro atoms. The number of pyridine rings is 1. The number of urea groups is 1. The summed E-state index contributed by atoms with van der Waals surface area (Å²) in [5.41, 5.74) is 3.18. The minimum Gasteiger partial charge on any atom is -0.308 e. The van der Waals surface area contributed by atoms with Gasteiger partial charge in [0, 0.05) is 17.8 Å². The third-order valence-electron chi connectivity index (χ3n) is 3.85. The first-order valence-corrected chi connectivity index (χ1v) is 7.69. The molecule has 6 heteroatoms. The van der Waals surface area contributed by atoms with E-state index in [-0.39, 0.29) is 6.03 Å². The van der Waals surface area contributed by atoms with E-state index in [4.69, 9.17) is 0 Å². The average molecular weight is 307 g/mol. The van der Waals surface area contributed by atoms with Crippen LogP contribution in [0.15, 0.2) is 42.6 Å². The second-order valence-corrected chi connectivity index (χ2v) is 5.88. The molecule has 2 aromatic heterocycles. The number of anilines is 2. The van der Waals surface area contributed by atoms with Crippen LogP contribution in [0.3, 0.4) is 0 Å². The molecular formula is C17H17N5O. The molecular weight excluding hydrogens is 290 g/mol. The maximum absolute atomic E-state index is 12.2. The summed E-state index contributed by atoms with van der Waals surface area (Å²) in [7, 11) is 0. The molecule has 2 amide bonds. The number of hydrogen-bond acceptors (Lipinski definition) is 3. The lowest BCUT2D eigenvalue weighted by molar-refractivity contribution is 0.262. The zero-order valence-corrected chi connectivity index (χ0v) is 12.8. The molecule has 1 aliphatic rings. The van der Waals surface area contributed by atoms with Gasteiger partial charge in [0.25, 0.3) is 0 Å². The summed E-state index contributed by atoms with van der Waals surface area (Å²) < 4.78 is 1.72. The predicted octanol–water partition coefficient (Wildman–Crippen LogP) is 3.56. The summed E-state index contributed by atoms with van der Waals surface area (Å²) in [6.07, 6.45) is 4.14. The lowest BCUT2D eigenvalue weighted by atomic mass is 10.2. The van der Waals surface area contributed by atoms with E-state index in [9.17, 15) is 4.79 Å². The van der Waals surface area contributed by atoms with Crippen LogP contribution in [-0.4, -0.2) is 20.6 Å². The molecule has 2 N–H and O–H groups in total. The van der Waals surface area contributed by atoms with E-state index in [0.29, 0.717) is 17.3 Å². The number of amides is 2. The van der Waals surface area contributed by atoms with Gasteiger partial charge in [-0.15, -0.1) is 0 Å². The summed E-state index contributed by atoms with van der Waals surface area (Å²) in [6.45, 7) is 1.99. The van der Waals surface area contributed by atoms with Crippen LogP contribution >= 0.6 is 0 Å². The lowest BCUT2D eigenvalue weighted by Gasteiger charge is -2.08. The van der Waals surface area contributed by atoms with Crippen LogP contribution in [0, 0.1) is 6.92 Å². The highest BCUT2D eigenvalue weighted by atomic mass is 16.2. The third kappa shape index (κ3) is 2.88. The van der Waals surface area contributed by atoms with Crippen molar-refractivity contribution in [3.63, 3.8) is 0 Å². The Hall–Kier alpha value is -2.89. The van der Waals surface area contributed by atoms with Crippen molar-refractivity contribution in [3.8, 4) is 0 Å². The number of fused-ring (bicyclic) bond motifs is 1. The van der Waals surface area contributed by atoms with E-state index < -0.39 is 0 Å². The highest BCUT2D eigenvalue weighted by molar-refractivity contribution is 6.01. The lowest BCUT2D eigenvalue weighted by Crippen LogP contribution is -2.20. The molecule has 2 heterocycles. The van der Waals surface area contributed by atoms with Crippen molar-refractivity contribution < 1.29 is 4.79 Å². The van der Waals surface area contributed by atoms with E-state index in [1.54, 1.807) is 4.52 Å². The number of aromatic nitrogens is 3. The zero-order chi connectivity index (χ0) is 15.8. The van der Waals surface area contributed by atoms with E-state index in [2.05, 4.69) is 20.7 Å². The van der Waals surface area contributed by atoms with Gasteiger partial charge in [0.05, 0.1) is 5.69 Å². The minimum absolute atomic E-state index is 0.292. The molecule has 0 aliphatic heterocycles. The van der Waals surface area contributed by atoms with Crippen LogP contribution in [0.4, 0.5) is 16.2 Å². The fourth-order valence-electron chi connectivity index (χ4n) is 2.54. The fraction of sp³-hybridized carbons (Fsp3) is 0.235. The fourth-order valence-corrected chi connectivity index (χ4v) is 2.54. The standard InChI is InChI=1S/C17H17N5O/c1-11-4-2-5-13(10-11)18-17(23)19-14-6-3-9-22-16(14)20-15(21-22)12-7-8-12/h2-6,9-10,12H,7-8H2,1H3,(H2,18,19,23). The topological polar surface area (TPSA) is 71.3 Å². The van der Waals surface area contributed by atoms with E-state index >= 15 is 0 Å². The van der Waals surface area contributed by atoms with Gasteiger partial charge >= 0.3 is 6.03 Å². The Labute approximate surface area is 133 Å². The molecule has 0 bridgehead atoms. The summed E-state index contributed by atoms with van der Waals surface area (Å²) in [5, 5.41) is 10.2. The van der Waals surface area contributed by atoms with Crippen LogP contribution in [0.1, 0.15) is 30.1 Å². The number of aryl methyl sites for hydroxylation is 1. The molecule has 0 radical (unpaired) electrons. The summed E-state index contributed by atoms with van der Waals surface area (Å²) in [5.74, 6) is 1.34. The van der Waals surface area contributed by atoms with Crippen molar-refractivity contribution in [1.29, 1.82) is 0 Å². The van der Waals surface area contributed by atoms with Crippen molar-refractivity contribution in [3.05, 3.63) is 54.0 Å². The van der Waals surface area contributed by atoms with Crippen LogP contribution in [-0.2, 0) is 0 Å². The number of nitrogens with zero attached hydrogens (tertiary/aromatic N) is 3. The number of benzene rings is 1. The van der Waals surface area contributed by atoms with E-state index in [1.165, 1.54) is 0 Å². The Morgan fingerprint density at radius 1 is 1.22 bits per heavy atom. The first kappa shape index (κ1) is 13.8. The van der Waals surface area contributed by atoms with Crippen molar-refractivity contribution in [2.24, 2.45) is 0 Å². The maximum atomic E-state index is 12.2. The Balaban J connectivity index is 1.55.